The molecule has 1 N–H and O–H groups in total. The molecular formula is C22H20ClNO7S. The number of halogens is 1. The number of aromatic carboxylic acids is 1. The molecule has 0 unspecified atom stereocenters. The van der Waals surface area contributed by atoms with E-state index in [-0.39, 0.29) is 5.56 Å². The molecule has 0 spiro atoms. The Bertz CT molecular complexity index is 1220. The number of carboxylic acids is 1. The standard InChI is InChI=1S/C22H20ClNO7S/c1-28-5-3-6-30-19-10-17-12(8-18(19)29-2)15-9-16(25)13(22(26)27)11-24(15)21(31-17)20-14(23)4-7-32-20/h4,7-11,21H,3,5-6H2,1-2H3,(H,26,27)/t21-/m1/s1. The first-order valence-corrected chi connectivity index (χ1v) is 10.9. The fourth-order valence-corrected chi connectivity index (χ4v) is 4.63. The van der Waals surface area contributed by atoms with Crippen LogP contribution in [0.3, 0.4) is 0 Å². The van der Waals surface area contributed by atoms with Crippen LogP contribution < -0.4 is 19.6 Å². The van der Waals surface area contributed by atoms with Crippen molar-refractivity contribution >= 4 is 28.9 Å². The third kappa shape index (κ3) is 4.06. The average molecular weight is 478 g/mol. The number of ether oxygens (including phenoxy) is 4. The lowest BCUT2D eigenvalue weighted by atomic mass is 10.0. The van der Waals surface area contributed by atoms with E-state index in [0.29, 0.717) is 58.0 Å². The van der Waals surface area contributed by atoms with Crippen LogP contribution in [0.4, 0.5) is 0 Å². The minimum atomic E-state index is -1.32. The van der Waals surface area contributed by atoms with Crippen molar-refractivity contribution in [3.05, 3.63) is 61.5 Å². The summed E-state index contributed by atoms with van der Waals surface area (Å²) in [4.78, 5) is 24.8. The summed E-state index contributed by atoms with van der Waals surface area (Å²) in [6, 6.07) is 6.44. The van der Waals surface area contributed by atoms with E-state index in [1.807, 2.05) is 5.38 Å². The zero-order valence-corrected chi connectivity index (χ0v) is 18.9. The van der Waals surface area contributed by atoms with Gasteiger partial charge in [0.2, 0.25) is 6.23 Å². The van der Waals surface area contributed by atoms with E-state index in [1.165, 1.54) is 30.7 Å². The van der Waals surface area contributed by atoms with Crippen LogP contribution in [0.5, 0.6) is 17.2 Å². The Morgan fingerprint density at radius 3 is 2.72 bits per heavy atom. The molecule has 0 saturated carbocycles. The highest BCUT2D eigenvalue weighted by atomic mass is 35.5. The van der Waals surface area contributed by atoms with Crippen LogP contribution in [0.25, 0.3) is 11.3 Å². The minimum Gasteiger partial charge on any atom is -0.493 e. The summed E-state index contributed by atoms with van der Waals surface area (Å²) in [5.41, 5.74) is 0.0963. The highest BCUT2D eigenvalue weighted by Gasteiger charge is 2.31. The number of carboxylic acid groups (broad SMARTS) is 1. The first-order valence-electron chi connectivity index (χ1n) is 9.67. The number of pyridine rings is 1. The highest BCUT2D eigenvalue weighted by Crippen LogP contribution is 2.47. The number of nitrogens with zero attached hydrogens (tertiary/aromatic N) is 1. The van der Waals surface area contributed by atoms with Crippen molar-refractivity contribution in [2.75, 3.05) is 27.4 Å². The summed E-state index contributed by atoms with van der Waals surface area (Å²) >= 11 is 7.73. The summed E-state index contributed by atoms with van der Waals surface area (Å²) < 4.78 is 24.2. The minimum absolute atomic E-state index is 0.358. The van der Waals surface area contributed by atoms with E-state index in [9.17, 15) is 14.7 Å². The molecule has 32 heavy (non-hydrogen) atoms. The molecule has 1 aliphatic rings. The topological polar surface area (TPSA) is 96.2 Å². The van der Waals surface area contributed by atoms with E-state index in [0.717, 1.165) is 0 Å². The van der Waals surface area contributed by atoms with E-state index in [1.54, 1.807) is 29.9 Å². The highest BCUT2D eigenvalue weighted by molar-refractivity contribution is 7.10. The molecule has 0 amide bonds. The van der Waals surface area contributed by atoms with Crippen molar-refractivity contribution in [2.24, 2.45) is 0 Å². The van der Waals surface area contributed by atoms with Crippen molar-refractivity contribution in [3.63, 3.8) is 0 Å². The Hall–Kier alpha value is -3.01. The van der Waals surface area contributed by atoms with Gasteiger partial charge in [0.05, 0.1) is 29.3 Å². The summed E-state index contributed by atoms with van der Waals surface area (Å²) in [5.74, 6) is 0.0870. The van der Waals surface area contributed by atoms with Crippen LogP contribution in [0, 0.1) is 0 Å². The molecule has 1 aromatic carbocycles. The van der Waals surface area contributed by atoms with Gasteiger partial charge < -0.3 is 28.6 Å². The number of aromatic nitrogens is 1. The van der Waals surface area contributed by atoms with Gasteiger partial charge in [-0.1, -0.05) is 11.6 Å². The number of hydrogen-bond donors (Lipinski definition) is 1. The quantitative estimate of drug-likeness (QED) is 0.483. The predicted octanol–water partition coefficient (Wildman–Crippen LogP) is 4.29. The molecule has 3 heterocycles. The van der Waals surface area contributed by atoms with Crippen molar-refractivity contribution in [1.82, 2.24) is 4.57 Å². The van der Waals surface area contributed by atoms with Gasteiger partial charge in [-0.3, -0.25) is 4.79 Å². The van der Waals surface area contributed by atoms with Gasteiger partial charge in [-0.05, 0) is 17.5 Å². The van der Waals surface area contributed by atoms with E-state index >= 15 is 0 Å². The monoisotopic (exact) mass is 477 g/mol. The third-order valence-electron chi connectivity index (χ3n) is 4.96. The first-order chi connectivity index (χ1) is 15.4. The Morgan fingerprint density at radius 1 is 1.25 bits per heavy atom. The average Bonchev–Trinajstić information content (AvgIpc) is 3.20. The number of thiophene rings is 1. The lowest BCUT2D eigenvalue weighted by molar-refractivity contribution is 0.0693. The molecule has 0 bridgehead atoms. The van der Waals surface area contributed by atoms with Gasteiger partial charge in [0.25, 0.3) is 0 Å². The zero-order valence-electron chi connectivity index (χ0n) is 17.3. The molecule has 0 fully saturated rings. The molecule has 3 aromatic rings. The Morgan fingerprint density at radius 2 is 2.06 bits per heavy atom. The van der Waals surface area contributed by atoms with Crippen LogP contribution in [-0.2, 0) is 4.74 Å². The Balaban J connectivity index is 1.86. The molecule has 8 nitrogen and oxygen atoms in total. The molecule has 0 aliphatic carbocycles. The first kappa shape index (κ1) is 22.2. The maximum absolute atomic E-state index is 12.5. The molecule has 0 radical (unpaired) electrons. The molecule has 10 heteroatoms. The number of rotatable bonds is 8. The smallest absolute Gasteiger partial charge is 0.341 e. The van der Waals surface area contributed by atoms with Crippen LogP contribution in [0.2, 0.25) is 5.02 Å². The van der Waals surface area contributed by atoms with Gasteiger partial charge in [-0.15, -0.1) is 11.3 Å². The summed E-state index contributed by atoms with van der Waals surface area (Å²) in [6.45, 7) is 0.978. The van der Waals surface area contributed by atoms with E-state index < -0.39 is 17.6 Å². The molecule has 4 rings (SSSR count). The van der Waals surface area contributed by atoms with E-state index in [2.05, 4.69) is 0 Å². The zero-order chi connectivity index (χ0) is 22.8. The van der Waals surface area contributed by atoms with Gasteiger partial charge in [-0.25, -0.2) is 4.79 Å². The number of carbonyl (C=O) groups is 1. The van der Waals surface area contributed by atoms with Gasteiger partial charge in [-0.2, -0.15) is 0 Å². The lowest BCUT2D eigenvalue weighted by Crippen LogP contribution is -2.27. The van der Waals surface area contributed by atoms with Gasteiger partial charge in [0, 0.05) is 44.0 Å². The second-order valence-corrected chi connectivity index (χ2v) is 8.30. The van der Waals surface area contributed by atoms with Crippen molar-refractivity contribution in [3.8, 4) is 28.5 Å². The van der Waals surface area contributed by atoms with Crippen LogP contribution in [0.15, 0.2) is 40.6 Å². The van der Waals surface area contributed by atoms with Crippen LogP contribution in [-0.4, -0.2) is 43.1 Å². The number of methoxy groups -OCH3 is 2. The summed E-state index contributed by atoms with van der Waals surface area (Å²) in [6.07, 6.45) is 1.23. The maximum atomic E-state index is 12.5. The number of hydrogen-bond acceptors (Lipinski definition) is 7. The predicted molar refractivity (Wildman–Crippen MR) is 120 cm³/mol. The van der Waals surface area contributed by atoms with E-state index in [4.69, 9.17) is 30.5 Å². The SMILES string of the molecule is COCCCOc1cc2c(cc1OC)-c1cc(=O)c(C(=O)O)cn1[C@@H](c1sccc1Cl)O2. The molecule has 0 saturated heterocycles. The molecule has 2 aromatic heterocycles. The molecule has 1 atom stereocenters. The Kier molecular flexibility index (Phi) is 6.40. The molecule has 1 aliphatic heterocycles. The summed E-state index contributed by atoms with van der Waals surface area (Å²) in [5, 5.41) is 11.7. The molecule has 168 valence electrons. The maximum Gasteiger partial charge on any atom is 0.341 e. The second kappa shape index (κ2) is 9.23. The van der Waals surface area contributed by atoms with Crippen molar-refractivity contribution < 1.29 is 28.8 Å². The van der Waals surface area contributed by atoms with Gasteiger partial charge in [0.15, 0.2) is 16.9 Å². The third-order valence-corrected chi connectivity index (χ3v) is 6.35. The number of fused-ring (bicyclic) bond motifs is 3. The largest absolute Gasteiger partial charge is 0.493 e. The molecular weight excluding hydrogens is 458 g/mol. The van der Waals surface area contributed by atoms with Crippen molar-refractivity contribution in [2.45, 2.75) is 12.6 Å². The lowest BCUT2D eigenvalue weighted by Gasteiger charge is -2.31. The van der Waals surface area contributed by atoms with Gasteiger partial charge >= 0.3 is 5.97 Å². The normalized spacial score (nSPS) is 14.3. The van der Waals surface area contributed by atoms with Crippen LogP contribution >= 0.6 is 22.9 Å². The fourth-order valence-electron chi connectivity index (χ4n) is 3.46. The summed E-state index contributed by atoms with van der Waals surface area (Å²) in [7, 11) is 3.14. The Labute approximate surface area is 192 Å². The fraction of sp³-hybridized carbons (Fsp3) is 0.273. The second-order valence-electron chi connectivity index (χ2n) is 6.95. The van der Waals surface area contributed by atoms with Gasteiger partial charge in [0.1, 0.15) is 11.3 Å². The van der Waals surface area contributed by atoms with Crippen LogP contribution in [0.1, 0.15) is 27.9 Å². The van der Waals surface area contributed by atoms with Crippen molar-refractivity contribution in [1.29, 1.82) is 0 Å². The number of benzene rings is 1.